The maximum atomic E-state index is 12.0. The zero-order valence-electron chi connectivity index (χ0n) is 11.8. The maximum absolute atomic E-state index is 12.0. The molecule has 6 nitrogen and oxygen atoms in total. The number of ether oxygens (including phenoxy) is 1. The van der Waals surface area contributed by atoms with Crippen LogP contribution in [0.25, 0.3) is 0 Å². The lowest BCUT2D eigenvalue weighted by molar-refractivity contribution is -0.137. The molecular formula is C15H20N2O4. The van der Waals surface area contributed by atoms with Crippen molar-refractivity contribution in [1.82, 2.24) is 5.32 Å². The van der Waals surface area contributed by atoms with Crippen LogP contribution in [0.4, 0.5) is 5.69 Å². The monoisotopic (exact) mass is 292 g/mol. The highest BCUT2D eigenvalue weighted by Crippen LogP contribution is 2.13. The van der Waals surface area contributed by atoms with Gasteiger partial charge in [0.15, 0.2) is 0 Å². The van der Waals surface area contributed by atoms with Gasteiger partial charge in [-0.2, -0.15) is 0 Å². The van der Waals surface area contributed by atoms with Crippen LogP contribution in [0.1, 0.15) is 18.4 Å². The summed E-state index contributed by atoms with van der Waals surface area (Å²) < 4.78 is 5.31. The minimum absolute atomic E-state index is 0.0499. The van der Waals surface area contributed by atoms with Gasteiger partial charge in [-0.05, 0) is 24.1 Å². The number of aryl methyl sites for hydroxylation is 1. The first kappa shape index (κ1) is 15.5. The summed E-state index contributed by atoms with van der Waals surface area (Å²) in [6.07, 6.45) is 0.900. The van der Waals surface area contributed by atoms with E-state index >= 15 is 0 Å². The lowest BCUT2D eigenvalue weighted by Gasteiger charge is -2.23. The van der Waals surface area contributed by atoms with Gasteiger partial charge in [0.2, 0.25) is 5.91 Å². The van der Waals surface area contributed by atoms with E-state index in [9.17, 15) is 9.59 Å². The molecule has 1 amide bonds. The van der Waals surface area contributed by atoms with E-state index in [1.54, 1.807) is 6.07 Å². The highest BCUT2D eigenvalue weighted by atomic mass is 16.5. The first-order chi connectivity index (χ1) is 10.1. The van der Waals surface area contributed by atoms with Crippen LogP contribution >= 0.6 is 0 Å². The second-order valence-corrected chi connectivity index (χ2v) is 5.07. The molecule has 1 aromatic rings. The van der Waals surface area contributed by atoms with E-state index in [-0.39, 0.29) is 18.4 Å². The second kappa shape index (κ2) is 7.75. The van der Waals surface area contributed by atoms with Crippen molar-refractivity contribution >= 4 is 17.6 Å². The van der Waals surface area contributed by atoms with Crippen molar-refractivity contribution in [1.29, 1.82) is 0 Å². The van der Waals surface area contributed by atoms with Gasteiger partial charge >= 0.3 is 5.97 Å². The predicted molar refractivity (Wildman–Crippen MR) is 78.3 cm³/mol. The highest BCUT2D eigenvalue weighted by molar-refractivity contribution is 5.91. The number of carboxylic acid groups (broad SMARTS) is 1. The van der Waals surface area contributed by atoms with Crippen LogP contribution in [0.3, 0.4) is 0 Å². The molecule has 0 radical (unpaired) electrons. The van der Waals surface area contributed by atoms with E-state index in [1.807, 2.05) is 18.2 Å². The summed E-state index contributed by atoms with van der Waals surface area (Å²) in [5.74, 6) is -0.902. The fourth-order valence-corrected chi connectivity index (χ4v) is 2.24. The lowest BCUT2D eigenvalue weighted by atomic mass is 10.1. The third kappa shape index (κ3) is 5.53. The van der Waals surface area contributed by atoms with Crippen LogP contribution in [-0.4, -0.2) is 42.8 Å². The minimum Gasteiger partial charge on any atom is -0.481 e. The van der Waals surface area contributed by atoms with Crippen molar-refractivity contribution in [2.75, 3.05) is 25.1 Å². The third-order valence-corrected chi connectivity index (χ3v) is 3.27. The Balaban J connectivity index is 1.85. The van der Waals surface area contributed by atoms with Crippen molar-refractivity contribution in [3.63, 3.8) is 0 Å². The number of hydrogen-bond acceptors (Lipinski definition) is 4. The Hall–Kier alpha value is -1.92. The van der Waals surface area contributed by atoms with E-state index in [0.717, 1.165) is 12.1 Å². The fourth-order valence-electron chi connectivity index (χ4n) is 2.24. The Bertz CT molecular complexity index is 498. The molecule has 0 saturated carbocycles. The van der Waals surface area contributed by atoms with Crippen LogP contribution < -0.4 is 10.6 Å². The zero-order chi connectivity index (χ0) is 15.1. The number of amides is 1. The van der Waals surface area contributed by atoms with Gasteiger partial charge < -0.3 is 20.5 Å². The van der Waals surface area contributed by atoms with E-state index in [0.29, 0.717) is 31.7 Å². The molecule has 1 saturated heterocycles. The summed E-state index contributed by atoms with van der Waals surface area (Å²) in [4.78, 5) is 22.5. The largest absolute Gasteiger partial charge is 0.481 e. The van der Waals surface area contributed by atoms with E-state index in [2.05, 4.69) is 10.6 Å². The van der Waals surface area contributed by atoms with Gasteiger partial charge in [0.25, 0.3) is 0 Å². The SMILES string of the molecule is O=C(O)CCc1cccc(NC(=O)CC2COCCN2)c1. The van der Waals surface area contributed by atoms with E-state index in [1.165, 1.54) is 0 Å². The molecule has 2 rings (SSSR count). The van der Waals surface area contributed by atoms with Crippen molar-refractivity contribution < 1.29 is 19.4 Å². The number of benzene rings is 1. The number of carbonyl (C=O) groups excluding carboxylic acids is 1. The van der Waals surface area contributed by atoms with E-state index in [4.69, 9.17) is 9.84 Å². The van der Waals surface area contributed by atoms with Crippen LogP contribution in [0.15, 0.2) is 24.3 Å². The number of morpholine rings is 1. The first-order valence-corrected chi connectivity index (χ1v) is 7.05. The van der Waals surface area contributed by atoms with Gasteiger partial charge in [0.1, 0.15) is 0 Å². The average Bonchev–Trinajstić information content (AvgIpc) is 2.46. The van der Waals surface area contributed by atoms with Gasteiger partial charge in [-0.3, -0.25) is 9.59 Å². The normalized spacial score (nSPS) is 18.2. The van der Waals surface area contributed by atoms with Gasteiger partial charge in [-0.1, -0.05) is 12.1 Å². The number of carbonyl (C=O) groups is 2. The molecule has 21 heavy (non-hydrogen) atoms. The van der Waals surface area contributed by atoms with Crippen molar-refractivity contribution in [3.8, 4) is 0 Å². The van der Waals surface area contributed by atoms with Crippen molar-refractivity contribution in [2.24, 2.45) is 0 Å². The molecule has 0 spiro atoms. The fraction of sp³-hybridized carbons (Fsp3) is 0.467. The Kier molecular flexibility index (Phi) is 5.71. The summed E-state index contributed by atoms with van der Waals surface area (Å²) in [5.41, 5.74) is 1.59. The molecule has 3 N–H and O–H groups in total. The molecule has 0 bridgehead atoms. The number of hydrogen-bond donors (Lipinski definition) is 3. The Morgan fingerprint density at radius 1 is 1.43 bits per heavy atom. The predicted octanol–water partition coefficient (Wildman–Crippen LogP) is 1.02. The standard InChI is InChI=1S/C15H20N2O4/c18-14(9-13-10-21-7-6-16-13)17-12-3-1-2-11(8-12)4-5-15(19)20/h1-3,8,13,16H,4-7,9-10H2,(H,17,18)(H,19,20). The first-order valence-electron chi connectivity index (χ1n) is 7.05. The Morgan fingerprint density at radius 2 is 2.29 bits per heavy atom. The number of anilines is 1. The highest BCUT2D eigenvalue weighted by Gasteiger charge is 2.16. The molecule has 6 heteroatoms. The smallest absolute Gasteiger partial charge is 0.303 e. The molecule has 1 aliphatic rings. The molecular weight excluding hydrogens is 272 g/mol. The van der Waals surface area contributed by atoms with E-state index < -0.39 is 5.97 Å². The molecule has 1 atom stereocenters. The van der Waals surface area contributed by atoms with Crippen LogP contribution in [0.2, 0.25) is 0 Å². The molecule has 1 aromatic carbocycles. The lowest BCUT2D eigenvalue weighted by Crippen LogP contribution is -2.43. The summed E-state index contributed by atoms with van der Waals surface area (Å²) in [6, 6.07) is 7.33. The second-order valence-electron chi connectivity index (χ2n) is 5.07. The summed E-state index contributed by atoms with van der Waals surface area (Å²) in [5, 5.41) is 14.7. The maximum Gasteiger partial charge on any atom is 0.303 e. The molecule has 114 valence electrons. The van der Waals surface area contributed by atoms with Gasteiger partial charge in [0.05, 0.1) is 13.2 Å². The van der Waals surface area contributed by atoms with Gasteiger partial charge in [-0.15, -0.1) is 0 Å². The number of nitrogens with one attached hydrogen (secondary N) is 2. The summed E-state index contributed by atoms with van der Waals surface area (Å²) in [6.45, 7) is 2.00. The molecule has 1 fully saturated rings. The summed E-state index contributed by atoms with van der Waals surface area (Å²) >= 11 is 0. The molecule has 1 aliphatic heterocycles. The molecule has 0 aromatic heterocycles. The Labute approximate surface area is 123 Å². The minimum atomic E-state index is -0.826. The topological polar surface area (TPSA) is 87.7 Å². The molecule has 1 heterocycles. The van der Waals surface area contributed by atoms with Crippen LogP contribution in [0.5, 0.6) is 0 Å². The van der Waals surface area contributed by atoms with Crippen LogP contribution in [0, 0.1) is 0 Å². The third-order valence-electron chi connectivity index (χ3n) is 3.27. The average molecular weight is 292 g/mol. The number of aliphatic carboxylic acids is 1. The quantitative estimate of drug-likeness (QED) is 0.728. The molecule has 0 aliphatic carbocycles. The van der Waals surface area contributed by atoms with Gasteiger partial charge in [-0.25, -0.2) is 0 Å². The molecule has 1 unspecified atom stereocenters. The van der Waals surface area contributed by atoms with Gasteiger partial charge in [0, 0.05) is 31.1 Å². The Morgan fingerprint density at radius 3 is 3.00 bits per heavy atom. The zero-order valence-corrected chi connectivity index (χ0v) is 11.8. The number of rotatable bonds is 6. The summed E-state index contributed by atoms with van der Waals surface area (Å²) in [7, 11) is 0. The van der Waals surface area contributed by atoms with Crippen molar-refractivity contribution in [2.45, 2.75) is 25.3 Å². The van der Waals surface area contributed by atoms with Crippen LogP contribution in [-0.2, 0) is 20.7 Å². The van der Waals surface area contributed by atoms with Crippen molar-refractivity contribution in [3.05, 3.63) is 29.8 Å². The number of carboxylic acids is 1.